The predicted octanol–water partition coefficient (Wildman–Crippen LogP) is 2.42. The zero-order valence-electron chi connectivity index (χ0n) is 19.5. The summed E-state index contributed by atoms with van der Waals surface area (Å²) in [5.41, 5.74) is 0.177. The molecule has 0 aliphatic carbocycles. The average Bonchev–Trinajstić information content (AvgIpc) is 3.22. The highest BCUT2D eigenvalue weighted by Gasteiger charge is 2.18. The number of carbonyl (C=O) groups is 2. The van der Waals surface area contributed by atoms with Crippen LogP contribution in [0.1, 0.15) is 38.2 Å². The van der Waals surface area contributed by atoms with Gasteiger partial charge in [0.25, 0.3) is 5.56 Å². The zero-order valence-corrected chi connectivity index (χ0v) is 20.3. The van der Waals surface area contributed by atoms with Crippen molar-refractivity contribution in [3.05, 3.63) is 62.0 Å². The van der Waals surface area contributed by atoms with Crippen molar-refractivity contribution in [1.29, 1.82) is 0 Å². The lowest BCUT2D eigenvalue weighted by Crippen LogP contribution is -2.43. The first kappa shape index (κ1) is 26.0. The van der Waals surface area contributed by atoms with E-state index in [4.69, 9.17) is 16.7 Å². The molecule has 0 aliphatic heterocycles. The number of aliphatic carboxylic acids is 1. The van der Waals surface area contributed by atoms with E-state index in [1.807, 2.05) is 18.2 Å². The van der Waals surface area contributed by atoms with E-state index in [1.54, 1.807) is 12.1 Å². The Kier molecular flexibility index (Phi) is 9.07. The van der Waals surface area contributed by atoms with Crippen LogP contribution in [-0.4, -0.2) is 54.2 Å². The van der Waals surface area contributed by atoms with Crippen LogP contribution in [-0.2, 0) is 24.4 Å². The number of benzene rings is 1. The van der Waals surface area contributed by atoms with Crippen molar-refractivity contribution in [2.75, 3.05) is 13.1 Å². The highest BCUT2D eigenvalue weighted by Crippen LogP contribution is 2.11. The number of fused-ring (bicyclic) bond motifs is 1. The SMILES string of the molecule is CCCCCn1c(=O)n(CCCNC(=O)N(CC(=O)O)Cc2ccccc2)c(=O)c2[nH]c(Cl)nc21. The van der Waals surface area contributed by atoms with Gasteiger partial charge < -0.3 is 20.3 Å². The van der Waals surface area contributed by atoms with Crippen molar-refractivity contribution < 1.29 is 14.7 Å². The molecule has 3 aromatic rings. The molecule has 3 N–H and O–H groups in total. The number of aryl methyl sites for hydroxylation is 1. The number of aromatic amines is 1. The molecule has 35 heavy (non-hydrogen) atoms. The zero-order chi connectivity index (χ0) is 25.4. The number of rotatable bonds is 12. The van der Waals surface area contributed by atoms with Crippen LogP contribution in [0, 0.1) is 0 Å². The number of H-pyrrole nitrogens is 1. The molecule has 0 radical (unpaired) electrons. The summed E-state index contributed by atoms with van der Waals surface area (Å²) in [6, 6.07) is 8.51. The molecule has 0 saturated heterocycles. The minimum Gasteiger partial charge on any atom is -0.480 e. The van der Waals surface area contributed by atoms with Gasteiger partial charge in [-0.3, -0.25) is 18.7 Å². The van der Waals surface area contributed by atoms with Crippen molar-refractivity contribution in [2.45, 2.75) is 52.2 Å². The van der Waals surface area contributed by atoms with Crippen LogP contribution < -0.4 is 16.6 Å². The van der Waals surface area contributed by atoms with Gasteiger partial charge in [-0.1, -0.05) is 50.1 Å². The number of nitrogens with one attached hydrogen (secondary N) is 2. The molecule has 0 fully saturated rings. The third-order valence-electron chi connectivity index (χ3n) is 5.48. The van der Waals surface area contributed by atoms with Gasteiger partial charge in [-0.25, -0.2) is 9.59 Å². The molecule has 12 heteroatoms. The molecule has 0 unspecified atom stereocenters. The van der Waals surface area contributed by atoms with Gasteiger partial charge >= 0.3 is 17.7 Å². The second-order valence-corrected chi connectivity index (χ2v) is 8.50. The first-order valence-corrected chi connectivity index (χ1v) is 11.9. The first-order chi connectivity index (χ1) is 16.8. The Labute approximate surface area is 206 Å². The number of aromatic nitrogens is 4. The van der Waals surface area contributed by atoms with Gasteiger partial charge in [0.15, 0.2) is 11.2 Å². The van der Waals surface area contributed by atoms with Crippen LogP contribution in [0.15, 0.2) is 39.9 Å². The number of carbonyl (C=O) groups excluding carboxylic acids is 1. The Morgan fingerprint density at radius 2 is 1.83 bits per heavy atom. The molecule has 2 amide bonds. The highest BCUT2D eigenvalue weighted by molar-refractivity contribution is 6.28. The maximum absolute atomic E-state index is 13.0. The lowest BCUT2D eigenvalue weighted by atomic mass is 10.2. The summed E-state index contributed by atoms with van der Waals surface area (Å²) in [5.74, 6) is -1.13. The van der Waals surface area contributed by atoms with E-state index in [9.17, 15) is 19.2 Å². The van der Waals surface area contributed by atoms with Crippen LogP contribution in [0.4, 0.5) is 4.79 Å². The van der Waals surface area contributed by atoms with E-state index >= 15 is 0 Å². The Morgan fingerprint density at radius 3 is 2.51 bits per heavy atom. The predicted molar refractivity (Wildman–Crippen MR) is 132 cm³/mol. The van der Waals surface area contributed by atoms with Crippen molar-refractivity contribution in [3.8, 4) is 0 Å². The fraction of sp³-hybridized carbons (Fsp3) is 0.435. The maximum atomic E-state index is 13.0. The lowest BCUT2D eigenvalue weighted by molar-refractivity contribution is -0.137. The summed E-state index contributed by atoms with van der Waals surface area (Å²) in [6.07, 6.45) is 2.94. The molecule has 188 valence electrons. The molecule has 1 aromatic carbocycles. The summed E-state index contributed by atoms with van der Waals surface area (Å²) in [7, 11) is 0. The largest absolute Gasteiger partial charge is 0.480 e. The number of unbranched alkanes of at least 4 members (excludes halogenated alkanes) is 2. The quantitative estimate of drug-likeness (QED) is 0.255. The second-order valence-electron chi connectivity index (χ2n) is 8.15. The van der Waals surface area contributed by atoms with Crippen molar-refractivity contribution in [3.63, 3.8) is 0 Å². The van der Waals surface area contributed by atoms with Crippen LogP contribution in [0.5, 0.6) is 0 Å². The number of halogens is 1. The number of carboxylic acids is 1. The number of imidazole rings is 1. The number of urea groups is 1. The molecule has 2 heterocycles. The topological polar surface area (TPSA) is 142 Å². The van der Waals surface area contributed by atoms with E-state index in [1.165, 1.54) is 9.47 Å². The molecular weight excluding hydrogens is 476 g/mol. The summed E-state index contributed by atoms with van der Waals surface area (Å²) < 4.78 is 2.55. The number of amides is 2. The molecule has 11 nitrogen and oxygen atoms in total. The van der Waals surface area contributed by atoms with Crippen molar-refractivity contribution in [2.24, 2.45) is 0 Å². The Balaban J connectivity index is 1.68. The summed E-state index contributed by atoms with van der Waals surface area (Å²) >= 11 is 5.95. The molecule has 0 atom stereocenters. The summed E-state index contributed by atoms with van der Waals surface area (Å²) in [5, 5.41) is 11.9. The van der Waals surface area contributed by atoms with Crippen LogP contribution >= 0.6 is 11.6 Å². The Hall–Kier alpha value is -3.60. The summed E-state index contributed by atoms with van der Waals surface area (Å²) in [4.78, 5) is 57.7. The van der Waals surface area contributed by atoms with Gasteiger partial charge in [-0.05, 0) is 30.0 Å². The molecule has 3 rings (SSSR count). The van der Waals surface area contributed by atoms with Crippen LogP contribution in [0.25, 0.3) is 11.2 Å². The van der Waals surface area contributed by atoms with E-state index in [-0.39, 0.29) is 42.5 Å². The molecule has 0 spiro atoms. The number of hydrogen-bond acceptors (Lipinski definition) is 5. The molecule has 2 aromatic heterocycles. The van der Waals surface area contributed by atoms with Crippen LogP contribution in [0.2, 0.25) is 5.28 Å². The normalized spacial score (nSPS) is 11.0. The van der Waals surface area contributed by atoms with Gasteiger partial charge in [0, 0.05) is 26.2 Å². The van der Waals surface area contributed by atoms with Gasteiger partial charge in [-0.15, -0.1) is 0 Å². The average molecular weight is 505 g/mol. The summed E-state index contributed by atoms with van der Waals surface area (Å²) in [6.45, 7) is 2.35. The molecular formula is C23H29ClN6O5. The van der Waals surface area contributed by atoms with Gasteiger partial charge in [0.1, 0.15) is 6.54 Å². The number of nitrogens with zero attached hydrogens (tertiary/aromatic N) is 4. The second kappa shape index (κ2) is 12.2. The van der Waals surface area contributed by atoms with Gasteiger partial charge in [0.05, 0.1) is 0 Å². The smallest absolute Gasteiger partial charge is 0.332 e. The minimum absolute atomic E-state index is 0.0303. The van der Waals surface area contributed by atoms with E-state index in [2.05, 4.69) is 22.2 Å². The van der Waals surface area contributed by atoms with Crippen molar-refractivity contribution >= 4 is 34.8 Å². The first-order valence-electron chi connectivity index (χ1n) is 11.5. The highest BCUT2D eigenvalue weighted by atomic mass is 35.5. The third-order valence-corrected chi connectivity index (χ3v) is 5.66. The molecule has 0 bridgehead atoms. The van der Waals surface area contributed by atoms with E-state index < -0.39 is 29.8 Å². The number of hydrogen-bond donors (Lipinski definition) is 3. The fourth-order valence-electron chi connectivity index (χ4n) is 3.77. The van der Waals surface area contributed by atoms with E-state index in [0.717, 1.165) is 29.4 Å². The minimum atomic E-state index is -1.13. The number of carboxylic acid groups (broad SMARTS) is 1. The molecule has 0 aliphatic rings. The third kappa shape index (κ3) is 6.72. The maximum Gasteiger partial charge on any atom is 0.332 e. The lowest BCUT2D eigenvalue weighted by Gasteiger charge is -2.21. The fourth-order valence-corrected chi connectivity index (χ4v) is 3.94. The Bertz CT molecular complexity index is 1280. The Morgan fingerprint density at radius 1 is 1.11 bits per heavy atom. The monoisotopic (exact) mass is 504 g/mol. The standard InChI is InChI=1S/C23H29ClN6O5/c1-2-3-7-12-29-19-18(26-21(24)27-19)20(33)30(23(29)35)13-8-11-25-22(34)28(15-17(31)32)14-16-9-5-4-6-10-16/h4-6,9-10H,2-3,7-8,11-15H2,1H3,(H,25,34)(H,26,27)(H,31,32). The van der Waals surface area contributed by atoms with E-state index in [0.29, 0.717) is 6.54 Å². The molecule has 0 saturated carbocycles. The van der Waals surface area contributed by atoms with Crippen molar-refractivity contribution in [1.82, 2.24) is 29.3 Å². The van der Waals surface area contributed by atoms with Crippen LogP contribution in [0.3, 0.4) is 0 Å². The van der Waals surface area contributed by atoms with Gasteiger partial charge in [-0.2, -0.15) is 4.98 Å². The van der Waals surface area contributed by atoms with Gasteiger partial charge in [0.2, 0.25) is 5.28 Å².